The minimum atomic E-state index is -3.66. The van der Waals surface area contributed by atoms with Crippen molar-refractivity contribution < 1.29 is 18.4 Å². The molecule has 4 nitrogen and oxygen atoms in total. The molecule has 0 aliphatic heterocycles. The molecule has 0 fully saturated rings. The zero-order valence-electron chi connectivity index (χ0n) is 12.3. The average molecular weight is 314 g/mol. The largest absolute Gasteiger partial charge is 0.365 e. The van der Waals surface area contributed by atoms with Crippen LogP contribution in [0.5, 0.6) is 0 Å². The Morgan fingerprint density at radius 2 is 1.36 bits per heavy atom. The van der Waals surface area contributed by atoms with Crippen molar-refractivity contribution >= 4 is 19.0 Å². The van der Waals surface area contributed by atoms with Gasteiger partial charge in [0.15, 0.2) is 0 Å². The molecule has 2 aromatic carbocycles. The summed E-state index contributed by atoms with van der Waals surface area (Å²) in [5.41, 5.74) is 2.70. The second-order valence-electron chi connectivity index (χ2n) is 4.83. The fourth-order valence-electron chi connectivity index (χ4n) is 2.68. The molecule has 0 heterocycles. The number of benzene rings is 2. The molecule has 0 aromatic heterocycles. The summed E-state index contributed by atoms with van der Waals surface area (Å²) in [6.07, 6.45) is 0. The first-order chi connectivity index (χ1) is 10.6. The van der Waals surface area contributed by atoms with Crippen LogP contribution in [0.2, 0.25) is 0 Å². The van der Waals surface area contributed by atoms with Crippen LogP contribution in [0.15, 0.2) is 59.9 Å². The summed E-state index contributed by atoms with van der Waals surface area (Å²) in [4.78, 5) is 12.8. The standard InChI is InChI=1S/C17H15O4P/c1-20-22(19,21-2)17-15(12-8-4-3-5-9-12)13-10-6-7-11-14(13)16(17)18/h3-11H,1-2H3. The number of hydrogen-bond donors (Lipinski definition) is 0. The lowest BCUT2D eigenvalue weighted by molar-refractivity contribution is 0.104. The lowest BCUT2D eigenvalue weighted by atomic mass is 9.99. The van der Waals surface area contributed by atoms with Crippen LogP contribution >= 0.6 is 7.60 Å². The summed E-state index contributed by atoms with van der Waals surface area (Å²) in [5.74, 6) is -0.304. The molecule has 22 heavy (non-hydrogen) atoms. The quantitative estimate of drug-likeness (QED) is 0.796. The Labute approximate surface area is 128 Å². The normalized spacial score (nSPS) is 14.4. The zero-order chi connectivity index (χ0) is 15.7. The van der Waals surface area contributed by atoms with Gasteiger partial charge in [-0.05, 0) is 11.1 Å². The van der Waals surface area contributed by atoms with Crippen molar-refractivity contribution in [3.05, 3.63) is 76.6 Å². The summed E-state index contributed by atoms with van der Waals surface area (Å²) in [6, 6.07) is 16.6. The lowest BCUT2D eigenvalue weighted by Gasteiger charge is -2.16. The molecule has 1 aliphatic rings. The highest BCUT2D eigenvalue weighted by Gasteiger charge is 2.42. The smallest absolute Gasteiger partial charge is 0.308 e. The highest BCUT2D eigenvalue weighted by Crippen LogP contribution is 2.61. The molecule has 0 saturated heterocycles. The summed E-state index contributed by atoms with van der Waals surface area (Å²) in [5, 5.41) is 0.102. The van der Waals surface area contributed by atoms with Gasteiger partial charge in [0.25, 0.3) is 0 Å². The molecule has 0 spiro atoms. The van der Waals surface area contributed by atoms with Crippen LogP contribution in [0.25, 0.3) is 5.57 Å². The Hall–Kier alpha value is -2.00. The van der Waals surface area contributed by atoms with Crippen molar-refractivity contribution in [2.75, 3.05) is 14.2 Å². The Morgan fingerprint density at radius 1 is 0.818 bits per heavy atom. The number of Topliss-reactive ketones (excluding diaryl/α,β-unsaturated/α-hetero) is 1. The van der Waals surface area contributed by atoms with Gasteiger partial charge in [-0.2, -0.15) is 0 Å². The molecular weight excluding hydrogens is 299 g/mol. The molecular formula is C17H15O4P. The number of ketones is 1. The van der Waals surface area contributed by atoms with E-state index < -0.39 is 7.60 Å². The predicted octanol–water partition coefficient (Wildman–Crippen LogP) is 4.13. The van der Waals surface area contributed by atoms with E-state index in [-0.39, 0.29) is 11.1 Å². The third-order valence-corrected chi connectivity index (χ3v) is 5.65. The van der Waals surface area contributed by atoms with Crippen LogP contribution in [0.3, 0.4) is 0 Å². The topological polar surface area (TPSA) is 52.6 Å². The molecule has 0 unspecified atom stereocenters. The molecule has 5 heteroatoms. The van der Waals surface area contributed by atoms with Crippen LogP contribution < -0.4 is 0 Å². The van der Waals surface area contributed by atoms with Crippen molar-refractivity contribution in [3.63, 3.8) is 0 Å². The van der Waals surface area contributed by atoms with E-state index in [1.54, 1.807) is 12.1 Å². The molecule has 1 aliphatic carbocycles. The van der Waals surface area contributed by atoms with Crippen LogP contribution in [0, 0.1) is 0 Å². The Bertz CT molecular complexity index is 800. The number of hydrogen-bond acceptors (Lipinski definition) is 4. The number of rotatable bonds is 4. The van der Waals surface area contributed by atoms with E-state index in [1.165, 1.54) is 14.2 Å². The summed E-state index contributed by atoms with van der Waals surface area (Å²) in [6.45, 7) is 0. The molecule has 0 saturated carbocycles. The SMILES string of the molecule is COP(=O)(OC)C1=C(c2ccccc2)c2ccccc2C1=O. The van der Waals surface area contributed by atoms with Crippen molar-refractivity contribution in [1.82, 2.24) is 0 Å². The van der Waals surface area contributed by atoms with E-state index >= 15 is 0 Å². The highest BCUT2D eigenvalue weighted by molar-refractivity contribution is 7.60. The summed E-state index contributed by atoms with van der Waals surface area (Å²) >= 11 is 0. The van der Waals surface area contributed by atoms with E-state index in [2.05, 4.69) is 0 Å². The Kier molecular flexibility index (Phi) is 3.83. The van der Waals surface area contributed by atoms with Gasteiger partial charge in [-0.3, -0.25) is 9.36 Å². The van der Waals surface area contributed by atoms with Crippen molar-refractivity contribution in [3.8, 4) is 0 Å². The maximum Gasteiger partial charge on any atom is 0.365 e. The maximum atomic E-state index is 12.9. The fourth-order valence-corrected chi connectivity index (χ4v) is 4.09. The Balaban J connectivity index is 2.35. The second kappa shape index (κ2) is 5.65. The fraction of sp³-hybridized carbons (Fsp3) is 0.118. The van der Waals surface area contributed by atoms with Gasteiger partial charge >= 0.3 is 7.60 Å². The molecule has 0 bridgehead atoms. The van der Waals surface area contributed by atoms with Gasteiger partial charge in [0.1, 0.15) is 5.31 Å². The number of carbonyl (C=O) groups is 1. The third kappa shape index (κ3) is 2.17. The Morgan fingerprint density at radius 3 is 1.95 bits per heavy atom. The minimum Gasteiger partial charge on any atom is -0.308 e. The van der Waals surface area contributed by atoms with Crippen molar-refractivity contribution in [1.29, 1.82) is 0 Å². The van der Waals surface area contributed by atoms with Gasteiger partial charge in [-0.15, -0.1) is 0 Å². The van der Waals surface area contributed by atoms with Crippen LogP contribution in [0.4, 0.5) is 0 Å². The highest BCUT2D eigenvalue weighted by atomic mass is 31.2. The molecule has 112 valence electrons. The number of allylic oxidation sites excluding steroid dienone is 1. The van der Waals surface area contributed by atoms with E-state index in [4.69, 9.17) is 9.05 Å². The van der Waals surface area contributed by atoms with Gasteiger partial charge in [-0.25, -0.2) is 0 Å². The lowest BCUT2D eigenvalue weighted by Crippen LogP contribution is -2.03. The first kappa shape index (κ1) is 14.9. The summed E-state index contributed by atoms with van der Waals surface area (Å²) < 4.78 is 23.1. The predicted molar refractivity (Wildman–Crippen MR) is 84.9 cm³/mol. The average Bonchev–Trinajstić information content (AvgIpc) is 2.89. The van der Waals surface area contributed by atoms with E-state index in [9.17, 15) is 9.36 Å². The van der Waals surface area contributed by atoms with Gasteiger partial charge in [0.2, 0.25) is 5.78 Å². The maximum absolute atomic E-state index is 12.9. The minimum absolute atomic E-state index is 0.102. The first-order valence-electron chi connectivity index (χ1n) is 6.78. The van der Waals surface area contributed by atoms with Crippen LogP contribution in [-0.4, -0.2) is 20.0 Å². The van der Waals surface area contributed by atoms with E-state index in [0.29, 0.717) is 11.1 Å². The van der Waals surface area contributed by atoms with Crippen molar-refractivity contribution in [2.45, 2.75) is 0 Å². The molecule has 0 radical (unpaired) electrons. The molecule has 3 rings (SSSR count). The zero-order valence-corrected chi connectivity index (χ0v) is 13.2. The van der Waals surface area contributed by atoms with Gasteiger partial charge in [0.05, 0.1) is 0 Å². The third-order valence-electron chi connectivity index (χ3n) is 3.71. The van der Waals surface area contributed by atoms with E-state index in [0.717, 1.165) is 11.1 Å². The van der Waals surface area contributed by atoms with E-state index in [1.807, 2.05) is 42.5 Å². The molecule has 0 N–H and O–H groups in total. The van der Waals surface area contributed by atoms with Crippen molar-refractivity contribution in [2.24, 2.45) is 0 Å². The van der Waals surface area contributed by atoms with Crippen LogP contribution in [-0.2, 0) is 13.6 Å². The first-order valence-corrected chi connectivity index (χ1v) is 8.32. The monoisotopic (exact) mass is 314 g/mol. The van der Waals surface area contributed by atoms with Crippen LogP contribution in [0.1, 0.15) is 21.5 Å². The molecule has 0 amide bonds. The number of carbonyl (C=O) groups excluding carboxylic acids is 1. The molecule has 0 atom stereocenters. The number of fused-ring (bicyclic) bond motifs is 1. The van der Waals surface area contributed by atoms with Gasteiger partial charge in [0, 0.05) is 25.4 Å². The van der Waals surface area contributed by atoms with Gasteiger partial charge < -0.3 is 9.05 Å². The van der Waals surface area contributed by atoms with Gasteiger partial charge in [-0.1, -0.05) is 54.6 Å². The molecule has 2 aromatic rings. The summed E-state index contributed by atoms with van der Waals surface area (Å²) in [7, 11) is -1.08. The second-order valence-corrected chi connectivity index (χ2v) is 7.00.